The lowest BCUT2D eigenvalue weighted by Crippen LogP contribution is -1.97. The standard InChI is InChI=1S/C5H11N3/c1-4-5-8(3)7-6-2/h4-5H,1-3H3/b5-4+,7-6-. The van der Waals surface area contributed by atoms with Gasteiger partial charge < -0.3 is 0 Å². The van der Waals surface area contributed by atoms with E-state index in [0.29, 0.717) is 0 Å². The van der Waals surface area contributed by atoms with Gasteiger partial charge in [-0.2, -0.15) is 5.11 Å². The molecule has 3 nitrogen and oxygen atoms in total. The zero-order valence-electron chi connectivity index (χ0n) is 5.50. The summed E-state index contributed by atoms with van der Waals surface area (Å²) in [5.74, 6) is 0. The zero-order valence-corrected chi connectivity index (χ0v) is 5.50. The van der Waals surface area contributed by atoms with Crippen LogP contribution >= 0.6 is 0 Å². The first-order valence-electron chi connectivity index (χ1n) is 2.46. The molecule has 0 fully saturated rings. The molecule has 0 saturated heterocycles. The van der Waals surface area contributed by atoms with Crippen LogP contribution in [0.15, 0.2) is 22.6 Å². The first-order valence-corrected chi connectivity index (χ1v) is 2.46. The van der Waals surface area contributed by atoms with Gasteiger partial charge in [-0.3, -0.25) is 5.01 Å². The van der Waals surface area contributed by atoms with Crippen molar-refractivity contribution in [3.8, 4) is 0 Å². The molecule has 0 spiro atoms. The van der Waals surface area contributed by atoms with Crippen LogP contribution in [0.5, 0.6) is 0 Å². The normalized spacial score (nSPS) is 11.4. The Morgan fingerprint density at radius 3 is 2.50 bits per heavy atom. The smallest absolute Gasteiger partial charge is 0.0509 e. The number of hydrogen-bond donors (Lipinski definition) is 0. The monoisotopic (exact) mass is 113 g/mol. The van der Waals surface area contributed by atoms with Gasteiger partial charge in [-0.15, -0.1) is 0 Å². The van der Waals surface area contributed by atoms with Crippen LogP contribution in [0.3, 0.4) is 0 Å². The van der Waals surface area contributed by atoms with Crippen LogP contribution in [0.1, 0.15) is 6.92 Å². The highest BCUT2D eigenvalue weighted by atomic mass is 15.5. The van der Waals surface area contributed by atoms with Crippen molar-refractivity contribution in [3.05, 3.63) is 12.3 Å². The van der Waals surface area contributed by atoms with E-state index in [1.807, 2.05) is 26.2 Å². The van der Waals surface area contributed by atoms with Crippen LogP contribution in [-0.4, -0.2) is 19.1 Å². The van der Waals surface area contributed by atoms with E-state index in [1.165, 1.54) is 0 Å². The summed E-state index contributed by atoms with van der Waals surface area (Å²) in [4.78, 5) is 0. The van der Waals surface area contributed by atoms with Gasteiger partial charge in [0.15, 0.2) is 0 Å². The van der Waals surface area contributed by atoms with Crippen molar-refractivity contribution < 1.29 is 0 Å². The molecule has 0 bridgehead atoms. The molecule has 0 aliphatic carbocycles. The fourth-order valence-electron chi connectivity index (χ4n) is 0.387. The SMILES string of the molecule is C/C=C/N(C)/N=N\C. The summed E-state index contributed by atoms with van der Waals surface area (Å²) in [5.41, 5.74) is 0. The van der Waals surface area contributed by atoms with Gasteiger partial charge in [0.05, 0.1) is 7.05 Å². The van der Waals surface area contributed by atoms with Crippen molar-refractivity contribution in [2.45, 2.75) is 6.92 Å². The van der Waals surface area contributed by atoms with E-state index in [9.17, 15) is 0 Å². The molecule has 0 N–H and O–H groups in total. The molecule has 0 aromatic carbocycles. The second kappa shape index (κ2) is 4.30. The van der Waals surface area contributed by atoms with Crippen molar-refractivity contribution in [1.82, 2.24) is 5.01 Å². The fourth-order valence-corrected chi connectivity index (χ4v) is 0.387. The third-order valence-electron chi connectivity index (χ3n) is 0.595. The van der Waals surface area contributed by atoms with Crippen LogP contribution in [0.2, 0.25) is 0 Å². The second-order valence-electron chi connectivity index (χ2n) is 1.35. The summed E-state index contributed by atoms with van der Waals surface area (Å²) >= 11 is 0. The highest BCUT2D eigenvalue weighted by Crippen LogP contribution is 1.83. The van der Waals surface area contributed by atoms with E-state index >= 15 is 0 Å². The molecule has 0 heterocycles. The molecule has 0 amide bonds. The predicted octanol–water partition coefficient (Wildman–Crippen LogP) is 1.45. The minimum Gasteiger partial charge on any atom is -0.258 e. The van der Waals surface area contributed by atoms with E-state index in [2.05, 4.69) is 10.3 Å². The number of rotatable bonds is 2. The van der Waals surface area contributed by atoms with Gasteiger partial charge in [0, 0.05) is 13.2 Å². The first-order chi connectivity index (χ1) is 3.81. The number of nitrogens with zero attached hydrogens (tertiary/aromatic N) is 3. The van der Waals surface area contributed by atoms with Crippen LogP contribution < -0.4 is 0 Å². The molecule has 46 valence electrons. The van der Waals surface area contributed by atoms with Crippen LogP contribution in [0, 0.1) is 0 Å². The third-order valence-corrected chi connectivity index (χ3v) is 0.595. The Kier molecular flexibility index (Phi) is 3.84. The van der Waals surface area contributed by atoms with Gasteiger partial charge in [0.1, 0.15) is 0 Å². The maximum atomic E-state index is 3.69. The lowest BCUT2D eigenvalue weighted by molar-refractivity contribution is 0.452. The zero-order chi connectivity index (χ0) is 6.41. The predicted molar refractivity (Wildman–Crippen MR) is 33.4 cm³/mol. The van der Waals surface area contributed by atoms with Crippen molar-refractivity contribution in [1.29, 1.82) is 0 Å². The molecule has 0 saturated carbocycles. The molecular weight excluding hydrogens is 102 g/mol. The summed E-state index contributed by atoms with van der Waals surface area (Å²) in [6.07, 6.45) is 3.72. The summed E-state index contributed by atoms with van der Waals surface area (Å²) in [6, 6.07) is 0. The Morgan fingerprint density at radius 1 is 1.50 bits per heavy atom. The second-order valence-corrected chi connectivity index (χ2v) is 1.35. The third kappa shape index (κ3) is 3.33. The van der Waals surface area contributed by atoms with Gasteiger partial charge >= 0.3 is 0 Å². The van der Waals surface area contributed by atoms with E-state index in [4.69, 9.17) is 0 Å². The quantitative estimate of drug-likeness (QED) is 0.393. The van der Waals surface area contributed by atoms with Crippen molar-refractivity contribution in [2.75, 3.05) is 14.1 Å². The Bertz CT molecular complexity index is 83.8. The molecule has 0 radical (unpaired) electrons. The Labute approximate surface area is 49.7 Å². The lowest BCUT2D eigenvalue weighted by atomic mass is 10.7. The Hall–Kier alpha value is -0.860. The molecule has 0 unspecified atom stereocenters. The van der Waals surface area contributed by atoms with Crippen LogP contribution in [0.4, 0.5) is 0 Å². The Morgan fingerprint density at radius 2 is 2.12 bits per heavy atom. The average molecular weight is 113 g/mol. The van der Waals surface area contributed by atoms with Crippen LogP contribution in [0.25, 0.3) is 0 Å². The molecule has 0 aromatic rings. The average Bonchev–Trinajstić information content (AvgIpc) is 1.68. The van der Waals surface area contributed by atoms with E-state index < -0.39 is 0 Å². The van der Waals surface area contributed by atoms with Gasteiger partial charge in [0.25, 0.3) is 0 Å². The first kappa shape index (κ1) is 7.14. The lowest BCUT2D eigenvalue weighted by Gasteiger charge is -2.00. The summed E-state index contributed by atoms with van der Waals surface area (Å²) in [5, 5.41) is 8.88. The summed E-state index contributed by atoms with van der Waals surface area (Å²) < 4.78 is 0. The van der Waals surface area contributed by atoms with E-state index in [0.717, 1.165) is 0 Å². The van der Waals surface area contributed by atoms with Crippen molar-refractivity contribution in [3.63, 3.8) is 0 Å². The Balaban J connectivity index is 3.47. The van der Waals surface area contributed by atoms with E-state index in [1.54, 1.807) is 12.1 Å². The molecule has 0 aliphatic rings. The molecular formula is C5H11N3. The van der Waals surface area contributed by atoms with Crippen molar-refractivity contribution >= 4 is 0 Å². The minimum absolute atomic E-state index is 1.64. The minimum atomic E-state index is 1.64. The molecule has 3 heteroatoms. The molecule has 0 aliphatic heterocycles. The highest BCUT2D eigenvalue weighted by Gasteiger charge is 1.76. The number of allylic oxidation sites excluding steroid dienone is 1. The number of hydrogen-bond acceptors (Lipinski definition) is 2. The van der Waals surface area contributed by atoms with Gasteiger partial charge in [-0.05, 0) is 6.92 Å². The molecule has 0 rings (SSSR count). The maximum absolute atomic E-state index is 3.69. The molecule has 0 aromatic heterocycles. The molecule has 8 heavy (non-hydrogen) atoms. The maximum Gasteiger partial charge on any atom is 0.0509 e. The summed E-state index contributed by atoms with van der Waals surface area (Å²) in [7, 11) is 3.47. The largest absolute Gasteiger partial charge is 0.258 e. The highest BCUT2D eigenvalue weighted by molar-refractivity contribution is 4.72. The fraction of sp³-hybridized carbons (Fsp3) is 0.600. The van der Waals surface area contributed by atoms with Crippen molar-refractivity contribution in [2.24, 2.45) is 10.3 Å². The topological polar surface area (TPSA) is 28.0 Å². The molecule has 0 atom stereocenters. The van der Waals surface area contributed by atoms with E-state index in [-0.39, 0.29) is 0 Å². The van der Waals surface area contributed by atoms with Gasteiger partial charge in [0.2, 0.25) is 0 Å². The van der Waals surface area contributed by atoms with Crippen LogP contribution in [-0.2, 0) is 0 Å². The van der Waals surface area contributed by atoms with Gasteiger partial charge in [-0.1, -0.05) is 11.3 Å². The van der Waals surface area contributed by atoms with Gasteiger partial charge in [-0.25, -0.2) is 0 Å². The summed E-state index contributed by atoms with van der Waals surface area (Å²) in [6.45, 7) is 1.93.